The van der Waals surface area contributed by atoms with Gasteiger partial charge in [-0.1, -0.05) is 28.8 Å². The molecular formula is C12H19BrF3NO2. The van der Waals surface area contributed by atoms with Crippen molar-refractivity contribution in [1.82, 2.24) is 4.90 Å². The number of carbonyl (C=O) groups excluding carboxylic acids is 1. The van der Waals surface area contributed by atoms with Gasteiger partial charge in [-0.2, -0.15) is 13.2 Å². The SMILES string of the molecule is O=C(CCOCC(F)(F)F)N1CCCCCC1CBr. The van der Waals surface area contributed by atoms with E-state index in [2.05, 4.69) is 20.7 Å². The fraction of sp³-hybridized carbons (Fsp3) is 0.917. The lowest BCUT2D eigenvalue weighted by molar-refractivity contribution is -0.175. The average molecular weight is 346 g/mol. The van der Waals surface area contributed by atoms with Gasteiger partial charge in [0.15, 0.2) is 0 Å². The molecule has 0 N–H and O–H groups in total. The van der Waals surface area contributed by atoms with Crippen LogP contribution in [0.15, 0.2) is 0 Å². The summed E-state index contributed by atoms with van der Waals surface area (Å²) in [6.07, 6.45) is -0.231. The molecule has 1 aliphatic rings. The maximum Gasteiger partial charge on any atom is 0.411 e. The third-order valence-electron chi connectivity index (χ3n) is 3.10. The van der Waals surface area contributed by atoms with Crippen LogP contribution in [0.25, 0.3) is 0 Å². The molecule has 1 unspecified atom stereocenters. The normalized spacial score (nSPS) is 21.3. The summed E-state index contributed by atoms with van der Waals surface area (Å²) in [7, 11) is 0. The fourth-order valence-electron chi connectivity index (χ4n) is 2.16. The van der Waals surface area contributed by atoms with Gasteiger partial charge in [0.2, 0.25) is 5.91 Å². The maximum atomic E-state index is 12.0. The number of nitrogens with zero attached hydrogens (tertiary/aromatic N) is 1. The molecule has 0 aromatic heterocycles. The Hall–Kier alpha value is -0.300. The van der Waals surface area contributed by atoms with Crippen LogP contribution in [0.5, 0.6) is 0 Å². The molecule has 112 valence electrons. The molecular weight excluding hydrogens is 327 g/mol. The van der Waals surface area contributed by atoms with Crippen LogP contribution < -0.4 is 0 Å². The Morgan fingerprint density at radius 1 is 1.32 bits per heavy atom. The summed E-state index contributed by atoms with van der Waals surface area (Å²) < 4.78 is 40.1. The molecule has 1 fully saturated rings. The molecule has 1 heterocycles. The van der Waals surface area contributed by atoms with Crippen molar-refractivity contribution in [2.45, 2.75) is 44.3 Å². The summed E-state index contributed by atoms with van der Waals surface area (Å²) in [4.78, 5) is 13.8. The van der Waals surface area contributed by atoms with Gasteiger partial charge in [0.25, 0.3) is 0 Å². The summed E-state index contributed by atoms with van der Waals surface area (Å²) in [6, 6.07) is 0.151. The minimum Gasteiger partial charge on any atom is -0.372 e. The number of alkyl halides is 4. The Morgan fingerprint density at radius 3 is 2.68 bits per heavy atom. The van der Waals surface area contributed by atoms with Crippen LogP contribution in [-0.4, -0.2) is 48.1 Å². The van der Waals surface area contributed by atoms with Crippen LogP contribution in [0.2, 0.25) is 0 Å². The predicted molar refractivity (Wildman–Crippen MR) is 69.3 cm³/mol. The van der Waals surface area contributed by atoms with Crippen molar-refractivity contribution in [2.24, 2.45) is 0 Å². The molecule has 7 heteroatoms. The van der Waals surface area contributed by atoms with Crippen molar-refractivity contribution in [3.05, 3.63) is 0 Å². The second-order valence-corrected chi connectivity index (χ2v) is 5.31. The van der Waals surface area contributed by atoms with Gasteiger partial charge in [-0.3, -0.25) is 4.79 Å². The van der Waals surface area contributed by atoms with Gasteiger partial charge in [-0.05, 0) is 12.8 Å². The van der Waals surface area contributed by atoms with Crippen molar-refractivity contribution < 1.29 is 22.7 Å². The van der Waals surface area contributed by atoms with Crippen molar-refractivity contribution in [1.29, 1.82) is 0 Å². The molecule has 0 bridgehead atoms. The zero-order valence-corrected chi connectivity index (χ0v) is 12.3. The number of amides is 1. The fourth-order valence-corrected chi connectivity index (χ4v) is 2.83. The molecule has 0 saturated carbocycles. The lowest BCUT2D eigenvalue weighted by atomic mass is 10.1. The third-order valence-corrected chi connectivity index (χ3v) is 3.85. The van der Waals surface area contributed by atoms with Gasteiger partial charge < -0.3 is 9.64 Å². The second-order valence-electron chi connectivity index (χ2n) is 4.66. The lowest BCUT2D eigenvalue weighted by Crippen LogP contribution is -2.41. The van der Waals surface area contributed by atoms with Crippen LogP contribution in [0.1, 0.15) is 32.1 Å². The summed E-state index contributed by atoms with van der Waals surface area (Å²) in [5, 5.41) is 0.710. The molecule has 1 rings (SSSR count). The summed E-state index contributed by atoms with van der Waals surface area (Å²) in [5.74, 6) is -0.117. The highest BCUT2D eigenvalue weighted by Crippen LogP contribution is 2.19. The number of likely N-dealkylation sites (tertiary alicyclic amines) is 1. The maximum absolute atomic E-state index is 12.0. The van der Waals surface area contributed by atoms with Crippen molar-refractivity contribution in [3.8, 4) is 0 Å². The molecule has 0 aromatic carbocycles. The minimum absolute atomic E-state index is 0.0135. The van der Waals surface area contributed by atoms with Crippen LogP contribution in [0, 0.1) is 0 Å². The van der Waals surface area contributed by atoms with Crippen molar-refractivity contribution in [2.75, 3.05) is 25.1 Å². The van der Waals surface area contributed by atoms with Gasteiger partial charge in [0, 0.05) is 17.9 Å². The summed E-state index contributed by atoms with van der Waals surface area (Å²) >= 11 is 3.39. The van der Waals surface area contributed by atoms with Crippen LogP contribution in [-0.2, 0) is 9.53 Å². The van der Waals surface area contributed by atoms with E-state index in [0.29, 0.717) is 11.9 Å². The predicted octanol–water partition coefficient (Wildman–Crippen LogP) is 3.12. The summed E-state index contributed by atoms with van der Waals surface area (Å²) in [6.45, 7) is -0.777. The molecule has 1 saturated heterocycles. The zero-order chi connectivity index (χ0) is 14.3. The minimum atomic E-state index is -4.33. The Balaban J connectivity index is 2.34. The number of carbonyl (C=O) groups is 1. The van der Waals surface area contributed by atoms with Crippen molar-refractivity contribution in [3.63, 3.8) is 0 Å². The second kappa shape index (κ2) is 8.09. The number of halogens is 4. The van der Waals surface area contributed by atoms with Gasteiger partial charge in [0.1, 0.15) is 6.61 Å². The highest BCUT2D eigenvalue weighted by Gasteiger charge is 2.28. The van der Waals surface area contributed by atoms with E-state index < -0.39 is 12.8 Å². The quantitative estimate of drug-likeness (QED) is 0.566. The van der Waals surface area contributed by atoms with E-state index >= 15 is 0 Å². The zero-order valence-electron chi connectivity index (χ0n) is 10.7. The number of hydrogen-bond acceptors (Lipinski definition) is 2. The van der Waals surface area contributed by atoms with E-state index in [1.54, 1.807) is 4.90 Å². The Morgan fingerprint density at radius 2 is 2.05 bits per heavy atom. The first-order valence-electron chi connectivity index (χ1n) is 6.44. The van der Waals surface area contributed by atoms with E-state index in [4.69, 9.17) is 0 Å². The molecule has 0 spiro atoms. The molecule has 1 aliphatic heterocycles. The first kappa shape index (κ1) is 16.8. The first-order chi connectivity index (χ1) is 8.94. The first-order valence-corrected chi connectivity index (χ1v) is 7.56. The molecule has 0 radical (unpaired) electrons. The lowest BCUT2D eigenvalue weighted by Gasteiger charge is -2.28. The molecule has 1 amide bonds. The van der Waals surface area contributed by atoms with E-state index in [0.717, 1.165) is 25.7 Å². The topological polar surface area (TPSA) is 29.5 Å². The van der Waals surface area contributed by atoms with Gasteiger partial charge >= 0.3 is 6.18 Å². The monoisotopic (exact) mass is 345 g/mol. The van der Waals surface area contributed by atoms with Crippen molar-refractivity contribution >= 4 is 21.8 Å². The molecule has 0 aromatic rings. The van der Waals surface area contributed by atoms with E-state index in [1.807, 2.05) is 0 Å². The number of rotatable bonds is 5. The molecule has 19 heavy (non-hydrogen) atoms. The van der Waals surface area contributed by atoms with E-state index in [-0.39, 0.29) is 25.0 Å². The average Bonchev–Trinajstić information content (AvgIpc) is 2.58. The molecule has 0 aliphatic carbocycles. The Labute approximate surface area is 119 Å². The highest BCUT2D eigenvalue weighted by atomic mass is 79.9. The van der Waals surface area contributed by atoms with Gasteiger partial charge in [-0.15, -0.1) is 0 Å². The van der Waals surface area contributed by atoms with Crippen LogP contribution in [0.4, 0.5) is 13.2 Å². The van der Waals surface area contributed by atoms with E-state index in [9.17, 15) is 18.0 Å². The van der Waals surface area contributed by atoms with Gasteiger partial charge in [-0.25, -0.2) is 0 Å². The molecule has 1 atom stereocenters. The van der Waals surface area contributed by atoms with Gasteiger partial charge in [0.05, 0.1) is 13.0 Å². The standard InChI is InChI=1S/C12H19BrF3NO2/c13-8-10-4-2-1-3-6-17(10)11(18)5-7-19-9-12(14,15)16/h10H,1-9H2. The van der Waals surface area contributed by atoms with Crippen LogP contribution >= 0.6 is 15.9 Å². The number of hydrogen-bond donors (Lipinski definition) is 0. The third kappa shape index (κ3) is 6.61. The highest BCUT2D eigenvalue weighted by molar-refractivity contribution is 9.09. The van der Waals surface area contributed by atoms with E-state index in [1.165, 1.54) is 0 Å². The summed E-state index contributed by atoms with van der Waals surface area (Å²) in [5.41, 5.74) is 0. The van der Waals surface area contributed by atoms with Crippen LogP contribution in [0.3, 0.4) is 0 Å². The Kier molecular flexibility index (Phi) is 7.13. The largest absolute Gasteiger partial charge is 0.411 e. The molecule has 3 nitrogen and oxygen atoms in total. The number of ether oxygens (including phenoxy) is 1. The smallest absolute Gasteiger partial charge is 0.372 e. The Bertz CT molecular complexity index is 287.